The molecule has 0 aliphatic rings. The number of halogens is 3. The summed E-state index contributed by atoms with van der Waals surface area (Å²) in [5, 5.41) is 15.4. The van der Waals surface area contributed by atoms with Gasteiger partial charge in [0.15, 0.2) is 0 Å². The van der Waals surface area contributed by atoms with Gasteiger partial charge in [-0.1, -0.05) is 34.8 Å². The maximum atomic E-state index is 12.1. The Labute approximate surface area is 173 Å². The fourth-order valence-corrected chi connectivity index (χ4v) is 3.03. The molecule has 0 saturated carbocycles. The molecule has 0 saturated heterocycles. The van der Waals surface area contributed by atoms with Crippen LogP contribution in [0.5, 0.6) is 0 Å². The van der Waals surface area contributed by atoms with Crippen LogP contribution in [0.3, 0.4) is 0 Å². The highest BCUT2D eigenvalue weighted by Crippen LogP contribution is 2.32. The Balaban J connectivity index is 1.71. The topological polar surface area (TPSA) is 97.7 Å². The van der Waals surface area contributed by atoms with Crippen LogP contribution in [0.1, 0.15) is 16.1 Å². The van der Waals surface area contributed by atoms with Crippen LogP contribution in [0.4, 0.5) is 5.69 Å². The van der Waals surface area contributed by atoms with Gasteiger partial charge in [-0.25, -0.2) is 5.43 Å². The molecule has 142 valence electrons. The molecule has 1 N–H and O–H groups in total. The van der Waals surface area contributed by atoms with Gasteiger partial charge in [0.25, 0.3) is 11.6 Å². The number of nitro groups is 1. The van der Waals surface area contributed by atoms with Gasteiger partial charge in [-0.2, -0.15) is 5.10 Å². The molecule has 3 aromatic rings. The summed E-state index contributed by atoms with van der Waals surface area (Å²) in [7, 11) is 0. The highest BCUT2D eigenvalue weighted by atomic mass is 35.5. The first-order valence-electron chi connectivity index (χ1n) is 7.68. The van der Waals surface area contributed by atoms with Crippen molar-refractivity contribution < 1.29 is 14.1 Å². The standard InChI is InChI=1S/C18H10Cl3N3O4/c19-10-1-4-14(15(20)7-10)18(25)23-22-9-12-3-6-17(28-12)13-5-2-11(24(26)27)8-16(13)21/h1-9H,(H,23,25). The third kappa shape index (κ3) is 4.51. The molecular formula is C18H10Cl3N3O4. The molecule has 7 nitrogen and oxygen atoms in total. The number of hydrogen-bond donors (Lipinski definition) is 1. The number of benzene rings is 2. The molecule has 0 spiro atoms. The number of furan rings is 1. The number of hydrogen-bond acceptors (Lipinski definition) is 5. The van der Waals surface area contributed by atoms with E-state index in [9.17, 15) is 14.9 Å². The molecule has 0 bridgehead atoms. The van der Waals surface area contributed by atoms with E-state index in [2.05, 4.69) is 10.5 Å². The van der Waals surface area contributed by atoms with Gasteiger partial charge in [0.2, 0.25) is 0 Å². The summed E-state index contributed by atoms with van der Waals surface area (Å²) in [4.78, 5) is 22.3. The van der Waals surface area contributed by atoms with E-state index < -0.39 is 10.8 Å². The smallest absolute Gasteiger partial charge is 0.272 e. The van der Waals surface area contributed by atoms with Crippen molar-refractivity contribution in [3.05, 3.63) is 85.0 Å². The predicted molar refractivity (Wildman–Crippen MR) is 107 cm³/mol. The van der Waals surface area contributed by atoms with Crippen LogP contribution in [-0.2, 0) is 0 Å². The zero-order valence-electron chi connectivity index (χ0n) is 13.9. The monoisotopic (exact) mass is 437 g/mol. The average molecular weight is 439 g/mol. The summed E-state index contributed by atoms with van der Waals surface area (Å²) >= 11 is 17.8. The maximum Gasteiger partial charge on any atom is 0.272 e. The maximum absolute atomic E-state index is 12.1. The van der Waals surface area contributed by atoms with Crippen LogP contribution < -0.4 is 5.43 Å². The quantitative estimate of drug-likeness (QED) is 0.319. The summed E-state index contributed by atoms with van der Waals surface area (Å²) in [6, 6.07) is 11.8. The van der Waals surface area contributed by atoms with E-state index in [-0.39, 0.29) is 21.3 Å². The number of carbonyl (C=O) groups excluding carboxylic acids is 1. The molecule has 0 fully saturated rings. The summed E-state index contributed by atoms with van der Waals surface area (Å²) in [6.45, 7) is 0. The Morgan fingerprint density at radius 3 is 2.54 bits per heavy atom. The van der Waals surface area contributed by atoms with Crippen molar-refractivity contribution in [2.75, 3.05) is 0 Å². The Kier molecular flexibility index (Phi) is 5.99. The van der Waals surface area contributed by atoms with Gasteiger partial charge < -0.3 is 4.42 Å². The number of nitrogens with one attached hydrogen (secondary N) is 1. The van der Waals surface area contributed by atoms with E-state index in [0.29, 0.717) is 22.1 Å². The minimum atomic E-state index is -0.536. The fourth-order valence-electron chi connectivity index (χ4n) is 2.27. The fraction of sp³-hybridized carbons (Fsp3) is 0. The predicted octanol–water partition coefficient (Wildman–Crippen LogP) is 5.58. The zero-order valence-corrected chi connectivity index (χ0v) is 16.1. The highest BCUT2D eigenvalue weighted by Gasteiger charge is 2.13. The van der Waals surface area contributed by atoms with Gasteiger partial charge in [-0.05, 0) is 36.4 Å². The van der Waals surface area contributed by atoms with E-state index >= 15 is 0 Å². The molecule has 0 aliphatic carbocycles. The van der Waals surface area contributed by atoms with Gasteiger partial charge in [-0.3, -0.25) is 14.9 Å². The molecule has 0 aliphatic heterocycles. The summed E-state index contributed by atoms with van der Waals surface area (Å²) < 4.78 is 5.58. The molecule has 1 amide bonds. The number of hydrazone groups is 1. The highest BCUT2D eigenvalue weighted by molar-refractivity contribution is 6.36. The van der Waals surface area contributed by atoms with Crippen LogP contribution >= 0.6 is 34.8 Å². The normalized spacial score (nSPS) is 11.0. The van der Waals surface area contributed by atoms with Gasteiger partial charge in [0, 0.05) is 22.7 Å². The van der Waals surface area contributed by atoms with E-state index in [1.165, 1.54) is 36.5 Å². The van der Waals surface area contributed by atoms with Crippen molar-refractivity contribution in [1.29, 1.82) is 0 Å². The second-order valence-electron chi connectivity index (χ2n) is 5.45. The number of amides is 1. The first-order chi connectivity index (χ1) is 13.3. The van der Waals surface area contributed by atoms with E-state index in [1.54, 1.807) is 18.2 Å². The number of carbonyl (C=O) groups is 1. The number of non-ortho nitro benzene ring substituents is 1. The first-order valence-corrected chi connectivity index (χ1v) is 8.81. The Bertz CT molecular complexity index is 1100. The lowest BCUT2D eigenvalue weighted by Gasteiger charge is -2.02. The Morgan fingerprint density at radius 2 is 1.86 bits per heavy atom. The molecule has 10 heteroatoms. The number of nitrogens with zero attached hydrogens (tertiary/aromatic N) is 2. The van der Waals surface area contributed by atoms with Crippen molar-refractivity contribution >= 4 is 52.6 Å². The molecular weight excluding hydrogens is 429 g/mol. The molecule has 2 aromatic carbocycles. The van der Waals surface area contributed by atoms with E-state index in [0.717, 1.165) is 0 Å². The van der Waals surface area contributed by atoms with E-state index in [4.69, 9.17) is 39.2 Å². The molecule has 1 heterocycles. The molecule has 0 unspecified atom stereocenters. The van der Waals surface area contributed by atoms with Gasteiger partial charge in [0.1, 0.15) is 11.5 Å². The third-order valence-corrected chi connectivity index (χ3v) is 4.45. The second kappa shape index (κ2) is 8.43. The lowest BCUT2D eigenvalue weighted by atomic mass is 10.1. The zero-order chi connectivity index (χ0) is 20.3. The number of nitro benzene ring substituents is 1. The van der Waals surface area contributed by atoms with Crippen LogP contribution in [-0.4, -0.2) is 17.0 Å². The van der Waals surface area contributed by atoms with Crippen molar-refractivity contribution in [3.8, 4) is 11.3 Å². The summed E-state index contributed by atoms with van der Waals surface area (Å²) in [6.07, 6.45) is 1.30. The van der Waals surface area contributed by atoms with Crippen LogP contribution in [0, 0.1) is 10.1 Å². The van der Waals surface area contributed by atoms with Crippen molar-refractivity contribution in [2.24, 2.45) is 5.10 Å². The molecule has 0 radical (unpaired) electrons. The summed E-state index contributed by atoms with van der Waals surface area (Å²) in [5.74, 6) is 0.225. The molecule has 1 aromatic heterocycles. The molecule has 3 rings (SSSR count). The van der Waals surface area contributed by atoms with Gasteiger partial charge in [-0.15, -0.1) is 0 Å². The lowest BCUT2D eigenvalue weighted by molar-refractivity contribution is -0.384. The molecule has 0 atom stereocenters. The minimum absolute atomic E-state index is 0.120. The second-order valence-corrected chi connectivity index (χ2v) is 6.70. The van der Waals surface area contributed by atoms with Gasteiger partial charge >= 0.3 is 0 Å². The van der Waals surface area contributed by atoms with E-state index in [1.807, 2.05) is 0 Å². The number of rotatable bonds is 5. The third-order valence-electron chi connectivity index (χ3n) is 3.59. The summed E-state index contributed by atoms with van der Waals surface area (Å²) in [5.41, 5.74) is 2.92. The van der Waals surface area contributed by atoms with Crippen LogP contribution in [0.25, 0.3) is 11.3 Å². The Morgan fingerprint density at radius 1 is 1.07 bits per heavy atom. The van der Waals surface area contributed by atoms with Crippen LogP contribution in [0.15, 0.2) is 58.0 Å². The lowest BCUT2D eigenvalue weighted by Crippen LogP contribution is -2.17. The average Bonchev–Trinajstić information content (AvgIpc) is 3.10. The van der Waals surface area contributed by atoms with Gasteiger partial charge in [0.05, 0.1) is 26.7 Å². The largest absolute Gasteiger partial charge is 0.455 e. The van der Waals surface area contributed by atoms with Crippen LogP contribution in [0.2, 0.25) is 15.1 Å². The molecule has 28 heavy (non-hydrogen) atoms. The Hall–Kier alpha value is -2.87. The minimum Gasteiger partial charge on any atom is -0.455 e. The van der Waals surface area contributed by atoms with Crippen molar-refractivity contribution in [2.45, 2.75) is 0 Å². The first kappa shape index (κ1) is 19.9. The van der Waals surface area contributed by atoms with Crippen molar-refractivity contribution in [1.82, 2.24) is 5.43 Å². The SMILES string of the molecule is O=C(NN=Cc1ccc(-c2ccc([N+](=O)[O-])cc2Cl)o1)c1ccc(Cl)cc1Cl. The van der Waals surface area contributed by atoms with Crippen molar-refractivity contribution in [3.63, 3.8) is 0 Å².